The molecule has 1 aromatic carbocycles. The van der Waals surface area contributed by atoms with E-state index in [0.29, 0.717) is 17.9 Å². The maximum absolute atomic E-state index is 11.5. The number of primary sulfonamides is 1. The third-order valence-electron chi connectivity index (χ3n) is 3.50. The Labute approximate surface area is 120 Å². The molecule has 0 aliphatic carbocycles. The molecule has 6 nitrogen and oxygen atoms in total. The molecule has 1 aliphatic heterocycles. The monoisotopic (exact) mass is 298 g/mol. The largest absolute Gasteiger partial charge is 0.399 e. The summed E-state index contributed by atoms with van der Waals surface area (Å²) in [5.74, 6) is 0. The van der Waals surface area contributed by atoms with Gasteiger partial charge in [0.15, 0.2) is 0 Å². The number of likely N-dealkylation sites (tertiary alicyclic amines) is 1. The average molecular weight is 298 g/mol. The topological polar surface area (TPSA) is 101 Å². The summed E-state index contributed by atoms with van der Waals surface area (Å²) in [6.07, 6.45) is 3.78. The first-order valence-electron chi connectivity index (χ1n) is 6.85. The van der Waals surface area contributed by atoms with Crippen LogP contribution in [0.5, 0.6) is 0 Å². The minimum absolute atomic E-state index is 0.0520. The highest BCUT2D eigenvalue weighted by Gasteiger charge is 2.15. The molecule has 0 atom stereocenters. The number of rotatable bonds is 5. The van der Waals surface area contributed by atoms with Gasteiger partial charge in [0.2, 0.25) is 10.0 Å². The van der Waals surface area contributed by atoms with E-state index in [1.807, 2.05) is 0 Å². The first-order valence-corrected chi connectivity index (χ1v) is 8.40. The van der Waals surface area contributed by atoms with E-state index in [0.717, 1.165) is 19.6 Å². The van der Waals surface area contributed by atoms with Gasteiger partial charge in [0.25, 0.3) is 0 Å². The van der Waals surface area contributed by atoms with Gasteiger partial charge in [-0.2, -0.15) is 0 Å². The van der Waals surface area contributed by atoms with Gasteiger partial charge in [-0.05, 0) is 44.1 Å². The lowest BCUT2D eigenvalue weighted by atomic mass is 10.1. The fourth-order valence-electron chi connectivity index (χ4n) is 2.45. The zero-order valence-electron chi connectivity index (χ0n) is 11.5. The second-order valence-electron chi connectivity index (χ2n) is 5.13. The van der Waals surface area contributed by atoms with Crippen molar-refractivity contribution in [2.24, 2.45) is 5.14 Å². The second-order valence-corrected chi connectivity index (χ2v) is 6.66. The van der Waals surface area contributed by atoms with Gasteiger partial charge in [0.1, 0.15) is 4.90 Å². The molecule has 0 aromatic heterocycles. The van der Waals surface area contributed by atoms with Gasteiger partial charge in [-0.25, -0.2) is 13.6 Å². The molecule has 5 N–H and O–H groups in total. The predicted octanol–water partition coefficient (Wildman–Crippen LogP) is 0.814. The number of hydrogen-bond acceptors (Lipinski definition) is 5. The Morgan fingerprint density at radius 2 is 1.90 bits per heavy atom. The van der Waals surface area contributed by atoms with Crippen molar-refractivity contribution in [3.05, 3.63) is 18.2 Å². The van der Waals surface area contributed by atoms with Crippen molar-refractivity contribution < 1.29 is 8.42 Å². The minimum Gasteiger partial charge on any atom is -0.399 e. The summed E-state index contributed by atoms with van der Waals surface area (Å²) in [4.78, 5) is 2.43. The number of nitrogens with zero attached hydrogens (tertiary/aromatic N) is 1. The molecule has 0 spiro atoms. The third-order valence-corrected chi connectivity index (χ3v) is 4.46. The normalized spacial score (nSPS) is 17.1. The fourth-order valence-corrected chi connectivity index (χ4v) is 3.20. The number of nitrogen functional groups attached to an aromatic ring is 1. The highest BCUT2D eigenvalue weighted by atomic mass is 32.2. The molecule has 7 heteroatoms. The van der Waals surface area contributed by atoms with Gasteiger partial charge in [-0.1, -0.05) is 6.42 Å². The summed E-state index contributed by atoms with van der Waals surface area (Å²) in [5.41, 5.74) is 6.51. The molecule has 0 radical (unpaired) electrons. The van der Waals surface area contributed by atoms with Crippen LogP contribution in [-0.4, -0.2) is 39.5 Å². The number of benzene rings is 1. The molecule has 1 fully saturated rings. The molecular formula is C13H22N4O2S. The van der Waals surface area contributed by atoms with E-state index >= 15 is 0 Å². The SMILES string of the molecule is Nc1ccc(NCCN2CCCCC2)c(S(N)(=O)=O)c1. The van der Waals surface area contributed by atoms with Crippen LogP contribution >= 0.6 is 0 Å². The van der Waals surface area contributed by atoms with Crippen molar-refractivity contribution in [2.45, 2.75) is 24.2 Å². The number of anilines is 2. The van der Waals surface area contributed by atoms with Crippen molar-refractivity contribution >= 4 is 21.4 Å². The van der Waals surface area contributed by atoms with Gasteiger partial charge < -0.3 is 16.0 Å². The molecule has 20 heavy (non-hydrogen) atoms. The van der Waals surface area contributed by atoms with Crippen molar-refractivity contribution in [2.75, 3.05) is 37.2 Å². The van der Waals surface area contributed by atoms with E-state index in [-0.39, 0.29) is 4.90 Å². The lowest BCUT2D eigenvalue weighted by Gasteiger charge is -2.26. The van der Waals surface area contributed by atoms with Gasteiger partial charge in [-0.3, -0.25) is 0 Å². The molecule has 0 unspecified atom stereocenters. The molecule has 1 aliphatic rings. The summed E-state index contributed by atoms with van der Waals surface area (Å²) in [7, 11) is -3.77. The highest BCUT2D eigenvalue weighted by molar-refractivity contribution is 7.89. The van der Waals surface area contributed by atoms with Crippen molar-refractivity contribution in [1.82, 2.24) is 4.90 Å². The summed E-state index contributed by atoms with van der Waals surface area (Å²) >= 11 is 0. The average Bonchev–Trinajstić information content (AvgIpc) is 2.40. The minimum atomic E-state index is -3.77. The van der Waals surface area contributed by atoms with Crippen molar-refractivity contribution in [3.63, 3.8) is 0 Å². The highest BCUT2D eigenvalue weighted by Crippen LogP contribution is 2.22. The Bertz CT molecular complexity index is 553. The van der Waals surface area contributed by atoms with E-state index in [4.69, 9.17) is 10.9 Å². The zero-order valence-corrected chi connectivity index (χ0v) is 12.3. The Balaban J connectivity index is 1.98. The van der Waals surface area contributed by atoms with Crippen LogP contribution in [0.3, 0.4) is 0 Å². The first kappa shape index (κ1) is 15.1. The van der Waals surface area contributed by atoms with Crippen LogP contribution in [0.4, 0.5) is 11.4 Å². The molecule has 0 amide bonds. The zero-order chi connectivity index (χ0) is 14.6. The van der Waals surface area contributed by atoms with E-state index in [1.165, 1.54) is 25.3 Å². The molecule has 0 bridgehead atoms. The number of hydrogen-bond donors (Lipinski definition) is 3. The molecule has 2 rings (SSSR count). The van der Waals surface area contributed by atoms with Crippen LogP contribution in [0, 0.1) is 0 Å². The smallest absolute Gasteiger partial charge is 0.240 e. The fraction of sp³-hybridized carbons (Fsp3) is 0.538. The van der Waals surface area contributed by atoms with Crippen LogP contribution in [0.1, 0.15) is 19.3 Å². The van der Waals surface area contributed by atoms with Crippen molar-refractivity contribution in [1.29, 1.82) is 0 Å². The second kappa shape index (κ2) is 6.43. The summed E-state index contributed by atoms with van der Waals surface area (Å²) in [6.45, 7) is 3.82. The standard InChI is InChI=1S/C13H22N4O2S/c14-11-4-5-12(13(10-11)20(15,18)19)16-6-9-17-7-2-1-3-8-17/h4-5,10,16H,1-3,6-9,14H2,(H2,15,18,19). The summed E-state index contributed by atoms with van der Waals surface area (Å²) in [5, 5.41) is 8.35. The van der Waals surface area contributed by atoms with E-state index in [1.54, 1.807) is 12.1 Å². The lowest BCUT2D eigenvalue weighted by molar-refractivity contribution is 0.237. The molecular weight excluding hydrogens is 276 g/mol. The Morgan fingerprint density at radius 3 is 2.55 bits per heavy atom. The van der Waals surface area contributed by atoms with Crippen LogP contribution in [0.25, 0.3) is 0 Å². The van der Waals surface area contributed by atoms with Crippen LogP contribution in [-0.2, 0) is 10.0 Å². The first-order chi connectivity index (χ1) is 9.47. The van der Waals surface area contributed by atoms with E-state index < -0.39 is 10.0 Å². The molecule has 1 saturated heterocycles. The van der Waals surface area contributed by atoms with Crippen LogP contribution in [0.15, 0.2) is 23.1 Å². The van der Waals surface area contributed by atoms with Crippen LogP contribution < -0.4 is 16.2 Å². The summed E-state index contributed by atoms with van der Waals surface area (Å²) in [6, 6.07) is 4.71. The number of nitrogens with one attached hydrogen (secondary N) is 1. The Kier molecular flexibility index (Phi) is 4.85. The lowest BCUT2D eigenvalue weighted by Crippen LogP contribution is -2.33. The van der Waals surface area contributed by atoms with Gasteiger partial charge in [-0.15, -0.1) is 0 Å². The number of piperidine rings is 1. The Morgan fingerprint density at radius 1 is 1.20 bits per heavy atom. The maximum atomic E-state index is 11.5. The predicted molar refractivity (Wildman–Crippen MR) is 81.0 cm³/mol. The number of nitrogens with two attached hydrogens (primary N) is 2. The van der Waals surface area contributed by atoms with Gasteiger partial charge >= 0.3 is 0 Å². The maximum Gasteiger partial charge on any atom is 0.240 e. The van der Waals surface area contributed by atoms with E-state index in [9.17, 15) is 8.42 Å². The summed E-state index contributed by atoms with van der Waals surface area (Å²) < 4.78 is 23.1. The van der Waals surface area contributed by atoms with Crippen LogP contribution in [0.2, 0.25) is 0 Å². The molecule has 1 heterocycles. The quantitative estimate of drug-likeness (QED) is 0.698. The van der Waals surface area contributed by atoms with Gasteiger partial charge in [0.05, 0.1) is 5.69 Å². The third kappa shape index (κ3) is 4.09. The van der Waals surface area contributed by atoms with E-state index in [2.05, 4.69) is 10.2 Å². The molecule has 1 aromatic rings. The number of sulfonamides is 1. The molecule has 112 valence electrons. The molecule has 0 saturated carbocycles. The van der Waals surface area contributed by atoms with Gasteiger partial charge in [0, 0.05) is 18.8 Å². The van der Waals surface area contributed by atoms with Crippen molar-refractivity contribution in [3.8, 4) is 0 Å². The Hall–Kier alpha value is -1.31.